The van der Waals surface area contributed by atoms with Crippen LogP contribution in [-0.4, -0.2) is 54.9 Å². The summed E-state index contributed by atoms with van der Waals surface area (Å²) in [6.07, 6.45) is 1.02. The van der Waals surface area contributed by atoms with Crippen LogP contribution in [0, 0.1) is 5.41 Å². The Hall–Kier alpha value is -1.43. The van der Waals surface area contributed by atoms with Crippen LogP contribution in [0.15, 0.2) is 30.3 Å². The van der Waals surface area contributed by atoms with Crippen LogP contribution in [0.3, 0.4) is 0 Å². The first kappa shape index (κ1) is 18.9. The van der Waals surface area contributed by atoms with Gasteiger partial charge in [-0.15, -0.1) is 0 Å². The van der Waals surface area contributed by atoms with E-state index in [9.17, 15) is 4.79 Å². The second-order valence-electron chi connectivity index (χ2n) is 7.33. The molecule has 2 rings (SSSR count). The third kappa shape index (κ3) is 6.59. The highest BCUT2D eigenvalue weighted by Gasteiger charge is 2.24. The van der Waals surface area contributed by atoms with Crippen molar-refractivity contribution in [3.63, 3.8) is 0 Å². The number of benzene rings is 1. The van der Waals surface area contributed by atoms with Gasteiger partial charge in [-0.05, 0) is 17.4 Å². The Morgan fingerprint density at radius 3 is 2.83 bits per heavy atom. The molecule has 1 aromatic rings. The largest absolute Gasteiger partial charge is 0.396 e. The maximum atomic E-state index is 12.2. The van der Waals surface area contributed by atoms with Crippen molar-refractivity contribution < 1.29 is 14.6 Å². The number of carbonyl (C=O) groups is 1. The Labute approximate surface area is 145 Å². The number of aliphatic hydroxyl groups excluding tert-OH is 1. The number of hydrogen-bond donors (Lipinski definition) is 2. The zero-order valence-electron chi connectivity index (χ0n) is 14.8. The lowest BCUT2D eigenvalue weighted by molar-refractivity contribution is -0.126. The van der Waals surface area contributed by atoms with Gasteiger partial charge >= 0.3 is 0 Å². The summed E-state index contributed by atoms with van der Waals surface area (Å²) in [5.74, 6) is 0.0209. The average Bonchev–Trinajstić information content (AvgIpc) is 2.54. The Balaban J connectivity index is 1.75. The Morgan fingerprint density at radius 2 is 2.12 bits per heavy atom. The molecule has 5 nitrogen and oxygen atoms in total. The molecule has 0 aliphatic carbocycles. The summed E-state index contributed by atoms with van der Waals surface area (Å²) < 4.78 is 5.75. The van der Waals surface area contributed by atoms with E-state index in [0.717, 1.165) is 19.6 Å². The van der Waals surface area contributed by atoms with Gasteiger partial charge in [0.05, 0.1) is 19.1 Å². The maximum Gasteiger partial charge on any atom is 0.222 e. The second-order valence-corrected chi connectivity index (χ2v) is 7.33. The van der Waals surface area contributed by atoms with Crippen LogP contribution in [0.5, 0.6) is 0 Å². The maximum absolute atomic E-state index is 12.2. The van der Waals surface area contributed by atoms with Crippen molar-refractivity contribution in [1.82, 2.24) is 10.2 Å². The van der Waals surface area contributed by atoms with E-state index in [1.165, 1.54) is 5.56 Å². The van der Waals surface area contributed by atoms with E-state index >= 15 is 0 Å². The first-order valence-corrected chi connectivity index (χ1v) is 8.74. The number of hydrogen-bond acceptors (Lipinski definition) is 4. The van der Waals surface area contributed by atoms with Gasteiger partial charge in [0.2, 0.25) is 5.91 Å². The summed E-state index contributed by atoms with van der Waals surface area (Å²) in [5, 5.41) is 12.0. The Kier molecular flexibility index (Phi) is 7.21. The van der Waals surface area contributed by atoms with Crippen molar-refractivity contribution in [1.29, 1.82) is 0 Å². The van der Waals surface area contributed by atoms with Crippen LogP contribution < -0.4 is 5.32 Å². The monoisotopic (exact) mass is 334 g/mol. The van der Waals surface area contributed by atoms with Crippen molar-refractivity contribution in [2.45, 2.75) is 39.3 Å². The third-order valence-electron chi connectivity index (χ3n) is 4.44. The van der Waals surface area contributed by atoms with Gasteiger partial charge in [-0.1, -0.05) is 44.2 Å². The molecule has 0 aromatic heterocycles. The zero-order valence-corrected chi connectivity index (χ0v) is 14.8. The number of nitrogens with one attached hydrogen (secondary N) is 1. The predicted molar refractivity (Wildman–Crippen MR) is 94.6 cm³/mol. The molecule has 0 radical (unpaired) electrons. The number of morpholine rings is 1. The molecule has 1 saturated heterocycles. The molecule has 2 N–H and O–H groups in total. The van der Waals surface area contributed by atoms with Crippen LogP contribution >= 0.6 is 0 Å². The van der Waals surface area contributed by atoms with Gasteiger partial charge in [-0.2, -0.15) is 0 Å². The molecule has 1 amide bonds. The van der Waals surface area contributed by atoms with E-state index in [1.807, 2.05) is 19.9 Å². The molecule has 0 spiro atoms. The number of aliphatic hydroxyl groups is 1. The van der Waals surface area contributed by atoms with Gasteiger partial charge in [0.15, 0.2) is 0 Å². The Bertz CT molecular complexity index is 505. The molecule has 5 heteroatoms. The highest BCUT2D eigenvalue weighted by Crippen LogP contribution is 2.18. The summed E-state index contributed by atoms with van der Waals surface area (Å²) in [4.78, 5) is 14.5. The summed E-state index contributed by atoms with van der Waals surface area (Å²) in [6.45, 7) is 8.05. The fraction of sp³-hybridized carbons (Fsp3) is 0.632. The number of nitrogens with zero attached hydrogens (tertiary/aromatic N) is 1. The Morgan fingerprint density at radius 1 is 1.38 bits per heavy atom. The lowest BCUT2D eigenvalue weighted by Gasteiger charge is -2.33. The van der Waals surface area contributed by atoms with Gasteiger partial charge in [0, 0.05) is 32.8 Å². The molecule has 1 unspecified atom stereocenters. The van der Waals surface area contributed by atoms with E-state index in [1.54, 1.807) is 0 Å². The minimum Gasteiger partial charge on any atom is -0.396 e. The summed E-state index contributed by atoms with van der Waals surface area (Å²) in [5.41, 5.74) is 1.20. The molecule has 24 heavy (non-hydrogen) atoms. The molecule has 1 aliphatic heterocycles. The summed E-state index contributed by atoms with van der Waals surface area (Å²) in [6, 6.07) is 10.4. The van der Waals surface area contributed by atoms with E-state index < -0.39 is 0 Å². The van der Waals surface area contributed by atoms with Crippen molar-refractivity contribution in [3.8, 4) is 0 Å². The first-order valence-electron chi connectivity index (χ1n) is 8.74. The molecule has 0 saturated carbocycles. The van der Waals surface area contributed by atoms with Gasteiger partial charge < -0.3 is 15.2 Å². The van der Waals surface area contributed by atoms with E-state index in [2.05, 4.69) is 34.5 Å². The van der Waals surface area contributed by atoms with E-state index in [0.29, 0.717) is 26.0 Å². The summed E-state index contributed by atoms with van der Waals surface area (Å²) >= 11 is 0. The standard InChI is InChI=1S/C19H30N2O3/c1-19(2,8-10-22)15-20-18(23)12-17-14-21(9-11-24-17)13-16-6-4-3-5-7-16/h3-7,17,22H,8-15H2,1-2H3,(H,20,23). The van der Waals surface area contributed by atoms with Crippen LogP contribution in [0.1, 0.15) is 32.3 Å². The highest BCUT2D eigenvalue weighted by atomic mass is 16.5. The third-order valence-corrected chi connectivity index (χ3v) is 4.44. The number of carbonyl (C=O) groups excluding carboxylic acids is 1. The average molecular weight is 334 g/mol. The van der Waals surface area contributed by atoms with Crippen LogP contribution in [-0.2, 0) is 16.1 Å². The highest BCUT2D eigenvalue weighted by molar-refractivity contribution is 5.76. The minimum absolute atomic E-state index is 0.0209. The van der Waals surface area contributed by atoms with Gasteiger partial charge in [-0.25, -0.2) is 0 Å². The number of rotatable bonds is 8. The molecule has 1 heterocycles. The molecule has 134 valence electrons. The summed E-state index contributed by atoms with van der Waals surface area (Å²) in [7, 11) is 0. The second kappa shape index (κ2) is 9.16. The fourth-order valence-electron chi connectivity index (χ4n) is 2.90. The van der Waals surface area contributed by atoms with Crippen molar-refractivity contribution in [2.75, 3.05) is 32.8 Å². The molecule has 1 atom stereocenters. The lowest BCUT2D eigenvalue weighted by atomic mass is 9.90. The zero-order chi connectivity index (χ0) is 17.4. The molecule has 0 bridgehead atoms. The van der Waals surface area contributed by atoms with E-state index in [-0.39, 0.29) is 24.0 Å². The molecular formula is C19H30N2O3. The van der Waals surface area contributed by atoms with E-state index in [4.69, 9.17) is 9.84 Å². The SMILES string of the molecule is CC(C)(CCO)CNC(=O)CC1CN(Cc2ccccc2)CCO1. The molecule has 1 aliphatic rings. The van der Waals surface area contributed by atoms with Crippen LogP contribution in [0.4, 0.5) is 0 Å². The van der Waals surface area contributed by atoms with Gasteiger partial charge in [0.1, 0.15) is 0 Å². The smallest absolute Gasteiger partial charge is 0.222 e. The molecule has 1 aromatic carbocycles. The predicted octanol–water partition coefficient (Wildman–Crippen LogP) is 1.80. The first-order chi connectivity index (χ1) is 11.5. The van der Waals surface area contributed by atoms with Gasteiger partial charge in [0.25, 0.3) is 0 Å². The normalized spacial score (nSPS) is 19.2. The number of ether oxygens (including phenoxy) is 1. The lowest BCUT2D eigenvalue weighted by Crippen LogP contribution is -2.44. The van der Waals surface area contributed by atoms with Crippen molar-refractivity contribution in [3.05, 3.63) is 35.9 Å². The fourth-order valence-corrected chi connectivity index (χ4v) is 2.90. The van der Waals surface area contributed by atoms with Crippen molar-refractivity contribution >= 4 is 5.91 Å². The number of amides is 1. The molecule has 1 fully saturated rings. The topological polar surface area (TPSA) is 61.8 Å². The quantitative estimate of drug-likeness (QED) is 0.761. The van der Waals surface area contributed by atoms with Crippen LogP contribution in [0.2, 0.25) is 0 Å². The minimum atomic E-state index is -0.0861. The van der Waals surface area contributed by atoms with Gasteiger partial charge in [-0.3, -0.25) is 9.69 Å². The van der Waals surface area contributed by atoms with Crippen LogP contribution in [0.25, 0.3) is 0 Å². The van der Waals surface area contributed by atoms with Crippen molar-refractivity contribution in [2.24, 2.45) is 5.41 Å². The molecular weight excluding hydrogens is 304 g/mol.